The van der Waals surface area contributed by atoms with Crippen molar-refractivity contribution in [1.29, 1.82) is 5.26 Å². The van der Waals surface area contributed by atoms with E-state index in [1.807, 2.05) is 6.07 Å². The molecular weight excluding hydrogens is 580 g/mol. The Labute approximate surface area is 248 Å². The Kier molecular flexibility index (Phi) is 8.17. The van der Waals surface area contributed by atoms with Crippen LogP contribution >= 0.6 is 0 Å². The van der Waals surface area contributed by atoms with Gasteiger partial charge in [0.25, 0.3) is 17.7 Å². The minimum absolute atomic E-state index is 0.0652. The molecule has 1 aliphatic heterocycles. The lowest BCUT2D eigenvalue weighted by Crippen LogP contribution is -2.55. The highest BCUT2D eigenvalue weighted by Crippen LogP contribution is 2.43. The molecule has 3 aromatic carbocycles. The average molecular weight is 605 g/mol. The molecule has 0 saturated heterocycles. The van der Waals surface area contributed by atoms with Gasteiger partial charge >= 0.3 is 6.18 Å². The Morgan fingerprint density at radius 3 is 2.34 bits per heavy atom. The summed E-state index contributed by atoms with van der Waals surface area (Å²) in [6, 6.07) is 17.8. The fourth-order valence-corrected chi connectivity index (χ4v) is 5.21. The van der Waals surface area contributed by atoms with Crippen LogP contribution in [0.5, 0.6) is 0 Å². The smallest absolute Gasteiger partial charge is 0.339 e. The van der Waals surface area contributed by atoms with Crippen LogP contribution < -0.4 is 15.5 Å². The number of likely N-dealkylation sites (N-methyl/N-ethyl adjacent to an activating group) is 1. The van der Waals surface area contributed by atoms with Crippen molar-refractivity contribution in [3.05, 3.63) is 113 Å². The summed E-state index contributed by atoms with van der Waals surface area (Å²) in [5.41, 5.74) is -0.518. The highest BCUT2D eigenvalue weighted by molar-refractivity contribution is 6.07. The van der Waals surface area contributed by atoms with Crippen molar-refractivity contribution in [3.63, 3.8) is 0 Å². The van der Waals surface area contributed by atoms with Gasteiger partial charge in [0.1, 0.15) is 24.2 Å². The Hall–Kier alpha value is -5.51. The van der Waals surface area contributed by atoms with E-state index in [1.54, 1.807) is 37.3 Å². The minimum atomic E-state index is -4.71. The normalized spacial score (nSPS) is 16.2. The van der Waals surface area contributed by atoms with E-state index in [0.29, 0.717) is 17.3 Å². The molecule has 2 heterocycles. The van der Waals surface area contributed by atoms with Gasteiger partial charge in [0.2, 0.25) is 0 Å². The maximum absolute atomic E-state index is 14.2. The van der Waals surface area contributed by atoms with Gasteiger partial charge in [0, 0.05) is 23.6 Å². The topological polar surface area (TPSA) is 120 Å². The van der Waals surface area contributed by atoms with Crippen LogP contribution in [-0.2, 0) is 11.0 Å². The highest BCUT2D eigenvalue weighted by atomic mass is 19.4. The van der Waals surface area contributed by atoms with E-state index in [4.69, 9.17) is 5.26 Å². The molecule has 224 valence electrons. The van der Waals surface area contributed by atoms with Crippen molar-refractivity contribution in [1.82, 2.24) is 20.4 Å². The standard InChI is InChI=1S/C31H24F4N6O3/c1-2-40-29-24(25(28(43)37-16-15-36)39-41(29)22-9-4-3-5-10-22)23(18-11-13-21(32)14-12-18)26(30(40)44)38-27(42)19-7-6-8-20(17-19)31(33,34)35/h3-14,17,23,26H,2,16H2,1H3,(H,37,43)(H,38,42)/t23-,26-/m0/s1. The van der Waals surface area contributed by atoms with Gasteiger partial charge in [-0.3, -0.25) is 19.3 Å². The molecule has 0 spiro atoms. The van der Waals surface area contributed by atoms with Gasteiger partial charge in [-0.05, 0) is 55.0 Å². The SMILES string of the molecule is CCN1C(=O)[C@@H](NC(=O)c2cccc(C(F)(F)F)c2)[C@@H](c2ccc(F)cc2)c2c(C(=O)NCC#N)nn(-c3ccccc3)c21. The van der Waals surface area contributed by atoms with Crippen LogP contribution in [0.25, 0.3) is 5.69 Å². The molecule has 0 fully saturated rings. The highest BCUT2D eigenvalue weighted by Gasteiger charge is 2.47. The Bertz CT molecular complexity index is 1760. The van der Waals surface area contributed by atoms with Gasteiger partial charge in [0.05, 0.1) is 17.3 Å². The third kappa shape index (κ3) is 5.61. The van der Waals surface area contributed by atoms with E-state index in [9.17, 15) is 31.9 Å². The zero-order valence-corrected chi connectivity index (χ0v) is 23.1. The zero-order valence-electron chi connectivity index (χ0n) is 23.1. The van der Waals surface area contributed by atoms with E-state index in [2.05, 4.69) is 15.7 Å². The Balaban J connectivity index is 1.72. The maximum atomic E-state index is 14.2. The first-order valence-electron chi connectivity index (χ1n) is 13.4. The number of anilines is 1. The molecule has 13 heteroatoms. The fourth-order valence-electron chi connectivity index (χ4n) is 5.21. The lowest BCUT2D eigenvalue weighted by atomic mass is 9.80. The lowest BCUT2D eigenvalue weighted by Gasteiger charge is -2.38. The first kappa shape index (κ1) is 30.0. The van der Waals surface area contributed by atoms with E-state index >= 15 is 0 Å². The molecule has 0 bridgehead atoms. The average Bonchev–Trinajstić information content (AvgIpc) is 3.41. The molecule has 0 saturated carbocycles. The first-order valence-corrected chi connectivity index (χ1v) is 13.4. The van der Waals surface area contributed by atoms with Gasteiger partial charge in [-0.1, -0.05) is 36.4 Å². The number of fused-ring (bicyclic) bond motifs is 1. The van der Waals surface area contributed by atoms with Crippen molar-refractivity contribution >= 4 is 23.5 Å². The number of rotatable bonds is 7. The van der Waals surface area contributed by atoms with Crippen molar-refractivity contribution < 1.29 is 31.9 Å². The molecule has 3 amide bonds. The molecule has 1 aromatic heterocycles. The molecule has 2 atom stereocenters. The quantitative estimate of drug-likeness (QED) is 0.237. The number of benzene rings is 3. The van der Waals surface area contributed by atoms with Crippen molar-refractivity contribution in [3.8, 4) is 11.8 Å². The number of para-hydroxylation sites is 1. The molecule has 0 unspecified atom stereocenters. The van der Waals surface area contributed by atoms with Crippen LogP contribution in [0.4, 0.5) is 23.4 Å². The number of alkyl halides is 3. The summed E-state index contributed by atoms with van der Waals surface area (Å²) in [4.78, 5) is 42.3. The third-order valence-corrected chi connectivity index (χ3v) is 7.16. The number of nitrogens with one attached hydrogen (secondary N) is 2. The van der Waals surface area contributed by atoms with Crippen LogP contribution in [0.1, 0.15) is 50.4 Å². The van der Waals surface area contributed by atoms with Gasteiger partial charge in [-0.25, -0.2) is 9.07 Å². The van der Waals surface area contributed by atoms with E-state index < -0.39 is 47.2 Å². The molecule has 2 N–H and O–H groups in total. The largest absolute Gasteiger partial charge is 0.416 e. The summed E-state index contributed by atoms with van der Waals surface area (Å²) < 4.78 is 55.6. The van der Waals surface area contributed by atoms with Crippen molar-refractivity contribution in [2.45, 2.75) is 25.1 Å². The number of nitrogens with zero attached hydrogens (tertiary/aromatic N) is 4. The molecular formula is C31H24F4N6O3. The lowest BCUT2D eigenvalue weighted by molar-refractivity contribution is -0.137. The summed E-state index contributed by atoms with van der Waals surface area (Å²) in [7, 11) is 0. The van der Waals surface area contributed by atoms with Crippen molar-refractivity contribution in [2.24, 2.45) is 0 Å². The molecule has 44 heavy (non-hydrogen) atoms. The zero-order chi connectivity index (χ0) is 31.6. The monoisotopic (exact) mass is 604 g/mol. The molecule has 0 aliphatic carbocycles. The first-order chi connectivity index (χ1) is 21.0. The van der Waals surface area contributed by atoms with Crippen LogP contribution in [0, 0.1) is 17.1 Å². The van der Waals surface area contributed by atoms with Crippen LogP contribution in [0.2, 0.25) is 0 Å². The van der Waals surface area contributed by atoms with Gasteiger partial charge < -0.3 is 10.6 Å². The van der Waals surface area contributed by atoms with E-state index in [1.165, 1.54) is 27.8 Å². The predicted octanol–water partition coefficient (Wildman–Crippen LogP) is 4.58. The predicted molar refractivity (Wildman–Crippen MR) is 150 cm³/mol. The molecule has 4 aromatic rings. The van der Waals surface area contributed by atoms with Crippen LogP contribution in [-0.4, -0.2) is 46.6 Å². The summed E-state index contributed by atoms with van der Waals surface area (Å²) in [6.45, 7) is 1.39. The molecule has 5 rings (SSSR count). The number of halogens is 4. The number of aromatic nitrogens is 2. The molecule has 9 nitrogen and oxygen atoms in total. The van der Waals surface area contributed by atoms with E-state index in [0.717, 1.165) is 24.3 Å². The number of nitriles is 1. The van der Waals surface area contributed by atoms with Gasteiger partial charge in [0.15, 0.2) is 5.69 Å². The molecule has 0 radical (unpaired) electrons. The van der Waals surface area contributed by atoms with Gasteiger partial charge in [-0.2, -0.15) is 23.5 Å². The number of carbonyl (C=O) groups excluding carboxylic acids is 3. The Morgan fingerprint density at radius 2 is 1.70 bits per heavy atom. The number of amides is 3. The Morgan fingerprint density at radius 1 is 1.00 bits per heavy atom. The van der Waals surface area contributed by atoms with Crippen molar-refractivity contribution in [2.75, 3.05) is 18.0 Å². The fraction of sp³-hybridized carbons (Fsp3) is 0.194. The van der Waals surface area contributed by atoms with Crippen LogP contribution in [0.3, 0.4) is 0 Å². The summed E-state index contributed by atoms with van der Waals surface area (Å²) in [5, 5.41) is 18.7. The van der Waals surface area contributed by atoms with Crippen LogP contribution in [0.15, 0.2) is 78.9 Å². The molecule has 1 aliphatic rings. The number of hydrogen-bond donors (Lipinski definition) is 2. The minimum Gasteiger partial charge on any atom is -0.339 e. The van der Waals surface area contributed by atoms with E-state index in [-0.39, 0.29) is 35.7 Å². The van der Waals surface area contributed by atoms with Gasteiger partial charge in [-0.15, -0.1) is 0 Å². The summed E-state index contributed by atoms with van der Waals surface area (Å²) >= 11 is 0. The summed E-state index contributed by atoms with van der Waals surface area (Å²) in [5.74, 6) is -3.83. The number of hydrogen-bond acceptors (Lipinski definition) is 5. The second kappa shape index (κ2) is 12.0. The second-order valence-corrected chi connectivity index (χ2v) is 9.82. The third-order valence-electron chi connectivity index (χ3n) is 7.16. The maximum Gasteiger partial charge on any atom is 0.416 e. The number of carbonyl (C=O) groups is 3. The second-order valence-electron chi connectivity index (χ2n) is 9.82. The summed E-state index contributed by atoms with van der Waals surface area (Å²) in [6.07, 6.45) is -4.71.